The van der Waals surface area contributed by atoms with Crippen molar-refractivity contribution >= 4 is 33.2 Å². The van der Waals surface area contributed by atoms with E-state index < -0.39 is 10.0 Å². The van der Waals surface area contributed by atoms with Crippen molar-refractivity contribution in [3.05, 3.63) is 87.4 Å². The summed E-state index contributed by atoms with van der Waals surface area (Å²) < 4.78 is 38.8. The third kappa shape index (κ3) is 5.46. The molecule has 3 aromatic rings. The van der Waals surface area contributed by atoms with E-state index in [4.69, 9.17) is 32.7 Å². The maximum Gasteiger partial charge on any atom is 0.240 e. The quantitative estimate of drug-likeness (QED) is 0.485. The molecule has 0 fully saturated rings. The van der Waals surface area contributed by atoms with Crippen LogP contribution in [0.15, 0.2) is 65.6 Å². The SMILES string of the molecule is COc1cc(CNS(=O)(=O)c2ccc(C)cc2)ccc1OCc1c(Cl)cccc1Cl. The lowest BCUT2D eigenvalue weighted by Gasteiger charge is -2.14. The first-order valence-electron chi connectivity index (χ1n) is 9.09. The molecule has 0 amide bonds. The van der Waals surface area contributed by atoms with E-state index in [1.54, 1.807) is 60.7 Å². The van der Waals surface area contributed by atoms with E-state index in [0.29, 0.717) is 27.1 Å². The summed E-state index contributed by atoms with van der Waals surface area (Å²) in [6.45, 7) is 2.19. The Morgan fingerprint density at radius 1 is 0.933 bits per heavy atom. The van der Waals surface area contributed by atoms with Gasteiger partial charge in [-0.25, -0.2) is 13.1 Å². The van der Waals surface area contributed by atoms with E-state index in [2.05, 4.69) is 4.72 Å². The molecule has 0 radical (unpaired) electrons. The van der Waals surface area contributed by atoms with Gasteiger partial charge >= 0.3 is 0 Å². The lowest BCUT2D eigenvalue weighted by Crippen LogP contribution is -2.23. The fraction of sp³-hybridized carbons (Fsp3) is 0.182. The van der Waals surface area contributed by atoms with Gasteiger partial charge in [0.25, 0.3) is 0 Å². The zero-order valence-electron chi connectivity index (χ0n) is 16.5. The second-order valence-corrected chi connectivity index (χ2v) is 9.19. The van der Waals surface area contributed by atoms with Gasteiger partial charge in [0.05, 0.1) is 12.0 Å². The highest BCUT2D eigenvalue weighted by Crippen LogP contribution is 2.31. The van der Waals surface area contributed by atoms with Gasteiger partial charge in [-0.1, -0.05) is 53.0 Å². The maximum atomic E-state index is 12.5. The Hall–Kier alpha value is -2.25. The number of methoxy groups -OCH3 is 1. The maximum absolute atomic E-state index is 12.5. The Morgan fingerprint density at radius 3 is 2.23 bits per heavy atom. The number of hydrogen-bond donors (Lipinski definition) is 1. The van der Waals surface area contributed by atoms with Gasteiger partial charge in [-0.3, -0.25) is 0 Å². The summed E-state index contributed by atoms with van der Waals surface area (Å²) >= 11 is 12.4. The number of hydrogen-bond acceptors (Lipinski definition) is 4. The molecule has 0 unspecified atom stereocenters. The summed E-state index contributed by atoms with van der Waals surface area (Å²) in [6.07, 6.45) is 0. The fourth-order valence-corrected chi connectivity index (χ4v) is 4.26. The minimum absolute atomic E-state index is 0.114. The number of aryl methyl sites for hydroxylation is 1. The second-order valence-electron chi connectivity index (χ2n) is 6.61. The largest absolute Gasteiger partial charge is 0.493 e. The van der Waals surface area contributed by atoms with Crippen LogP contribution in [0.5, 0.6) is 11.5 Å². The van der Waals surface area contributed by atoms with Crippen LogP contribution in [0.2, 0.25) is 10.0 Å². The summed E-state index contributed by atoms with van der Waals surface area (Å²) in [7, 11) is -2.09. The predicted molar refractivity (Wildman–Crippen MR) is 119 cm³/mol. The van der Waals surface area contributed by atoms with Crippen molar-refractivity contribution < 1.29 is 17.9 Å². The van der Waals surface area contributed by atoms with Crippen molar-refractivity contribution in [3.63, 3.8) is 0 Å². The molecule has 8 heteroatoms. The molecule has 0 saturated heterocycles. The van der Waals surface area contributed by atoms with Gasteiger partial charge in [-0.15, -0.1) is 0 Å². The minimum Gasteiger partial charge on any atom is -0.493 e. The van der Waals surface area contributed by atoms with Gasteiger partial charge in [0.2, 0.25) is 10.0 Å². The molecule has 3 rings (SSSR count). The Kier molecular flexibility index (Phi) is 7.26. The molecule has 0 spiro atoms. The van der Waals surface area contributed by atoms with Crippen molar-refractivity contribution in [1.82, 2.24) is 4.72 Å². The van der Waals surface area contributed by atoms with E-state index >= 15 is 0 Å². The van der Waals surface area contributed by atoms with Crippen LogP contribution in [0.1, 0.15) is 16.7 Å². The summed E-state index contributed by atoms with van der Waals surface area (Å²) in [5, 5.41) is 1.03. The molecule has 0 heterocycles. The van der Waals surface area contributed by atoms with Gasteiger partial charge in [0, 0.05) is 22.2 Å². The van der Waals surface area contributed by atoms with E-state index in [1.807, 2.05) is 6.92 Å². The molecule has 0 saturated carbocycles. The normalized spacial score (nSPS) is 11.3. The van der Waals surface area contributed by atoms with Crippen LogP contribution < -0.4 is 14.2 Å². The molecule has 0 aliphatic heterocycles. The molecular formula is C22H21Cl2NO4S. The first-order valence-corrected chi connectivity index (χ1v) is 11.3. The van der Waals surface area contributed by atoms with Crippen LogP contribution in [-0.4, -0.2) is 15.5 Å². The van der Waals surface area contributed by atoms with Gasteiger partial charge in [0.1, 0.15) is 6.61 Å². The molecule has 3 aromatic carbocycles. The number of halogens is 2. The molecule has 5 nitrogen and oxygen atoms in total. The lowest BCUT2D eigenvalue weighted by molar-refractivity contribution is 0.284. The molecule has 0 aliphatic carbocycles. The summed E-state index contributed by atoms with van der Waals surface area (Å²) in [5.74, 6) is 0.976. The third-order valence-electron chi connectivity index (χ3n) is 4.46. The zero-order valence-corrected chi connectivity index (χ0v) is 18.8. The molecule has 30 heavy (non-hydrogen) atoms. The van der Waals surface area contributed by atoms with E-state index in [-0.39, 0.29) is 18.0 Å². The highest BCUT2D eigenvalue weighted by atomic mass is 35.5. The number of ether oxygens (including phenoxy) is 2. The lowest BCUT2D eigenvalue weighted by atomic mass is 10.2. The number of sulfonamides is 1. The van der Waals surface area contributed by atoms with E-state index in [0.717, 1.165) is 11.1 Å². The van der Waals surface area contributed by atoms with Crippen molar-refractivity contribution in [3.8, 4) is 11.5 Å². The number of nitrogens with one attached hydrogen (secondary N) is 1. The highest BCUT2D eigenvalue weighted by Gasteiger charge is 2.15. The highest BCUT2D eigenvalue weighted by molar-refractivity contribution is 7.89. The second kappa shape index (κ2) is 9.71. The standard InChI is InChI=1S/C22H21Cl2NO4S/c1-15-6-9-17(10-7-15)30(26,27)25-13-16-8-11-21(22(12-16)28-2)29-14-18-19(23)4-3-5-20(18)24/h3-12,25H,13-14H2,1-2H3. The van der Waals surface area contributed by atoms with E-state index in [9.17, 15) is 8.42 Å². The van der Waals surface area contributed by atoms with Crippen LogP contribution in [0.3, 0.4) is 0 Å². The first kappa shape index (κ1) is 22.4. The van der Waals surface area contributed by atoms with Gasteiger partial charge < -0.3 is 9.47 Å². The van der Waals surface area contributed by atoms with Gasteiger partial charge in [-0.2, -0.15) is 0 Å². The Labute approximate surface area is 186 Å². The number of benzene rings is 3. The average molecular weight is 466 g/mol. The van der Waals surface area contributed by atoms with Gasteiger partial charge in [-0.05, 0) is 48.9 Å². The summed E-state index contributed by atoms with van der Waals surface area (Å²) in [4.78, 5) is 0.219. The zero-order chi connectivity index (χ0) is 21.7. The minimum atomic E-state index is -3.61. The Balaban J connectivity index is 1.70. The third-order valence-corrected chi connectivity index (χ3v) is 6.58. The molecule has 0 bridgehead atoms. The van der Waals surface area contributed by atoms with Crippen LogP contribution in [0.25, 0.3) is 0 Å². The smallest absolute Gasteiger partial charge is 0.240 e. The molecular weight excluding hydrogens is 445 g/mol. The topological polar surface area (TPSA) is 64.6 Å². The average Bonchev–Trinajstić information content (AvgIpc) is 2.72. The predicted octanol–water partition coefficient (Wildman–Crippen LogP) is 5.37. The van der Waals surface area contributed by atoms with Gasteiger partial charge in [0.15, 0.2) is 11.5 Å². The Morgan fingerprint density at radius 2 is 1.60 bits per heavy atom. The number of rotatable bonds is 8. The summed E-state index contributed by atoms with van der Waals surface area (Å²) in [6, 6.07) is 17.1. The molecule has 158 valence electrons. The van der Waals surface area contributed by atoms with Crippen LogP contribution in [-0.2, 0) is 23.2 Å². The molecule has 0 atom stereocenters. The van der Waals surface area contributed by atoms with Crippen molar-refractivity contribution in [1.29, 1.82) is 0 Å². The molecule has 0 aliphatic rings. The fourth-order valence-electron chi connectivity index (χ4n) is 2.74. The van der Waals surface area contributed by atoms with Crippen molar-refractivity contribution in [2.24, 2.45) is 0 Å². The Bertz CT molecular complexity index is 1110. The van der Waals surface area contributed by atoms with Crippen LogP contribution in [0, 0.1) is 6.92 Å². The first-order chi connectivity index (χ1) is 14.3. The van der Waals surface area contributed by atoms with Crippen LogP contribution in [0.4, 0.5) is 0 Å². The molecule has 1 N–H and O–H groups in total. The van der Waals surface area contributed by atoms with Crippen molar-refractivity contribution in [2.45, 2.75) is 25.0 Å². The monoisotopic (exact) mass is 465 g/mol. The van der Waals surface area contributed by atoms with E-state index in [1.165, 1.54) is 7.11 Å². The summed E-state index contributed by atoms with van der Waals surface area (Å²) in [5.41, 5.74) is 2.40. The van der Waals surface area contributed by atoms with Crippen molar-refractivity contribution in [2.75, 3.05) is 7.11 Å². The molecule has 0 aromatic heterocycles. The van der Waals surface area contributed by atoms with Crippen LogP contribution >= 0.6 is 23.2 Å².